The van der Waals surface area contributed by atoms with Crippen molar-refractivity contribution in [3.8, 4) is 0 Å². The van der Waals surface area contributed by atoms with Gasteiger partial charge in [-0.25, -0.2) is 0 Å². The largest absolute Gasteiger partial charge is 0.395 e. The van der Waals surface area contributed by atoms with Gasteiger partial charge >= 0.3 is 0 Å². The third kappa shape index (κ3) is 2.94. The van der Waals surface area contributed by atoms with Gasteiger partial charge in [0, 0.05) is 17.0 Å². The van der Waals surface area contributed by atoms with Crippen molar-refractivity contribution >= 4 is 11.3 Å². The zero-order chi connectivity index (χ0) is 13.0. The van der Waals surface area contributed by atoms with Crippen molar-refractivity contribution in [3.63, 3.8) is 0 Å². The summed E-state index contributed by atoms with van der Waals surface area (Å²) in [7, 11) is 0. The lowest BCUT2D eigenvalue weighted by atomic mass is 9.95. The minimum atomic E-state index is 0.149. The van der Waals surface area contributed by atoms with Gasteiger partial charge < -0.3 is 10.8 Å². The van der Waals surface area contributed by atoms with E-state index in [0.717, 1.165) is 19.4 Å². The summed E-state index contributed by atoms with van der Waals surface area (Å²) in [6, 6.07) is 4.97. The lowest BCUT2D eigenvalue weighted by Gasteiger charge is -2.42. The predicted octanol–water partition coefficient (Wildman–Crippen LogP) is 2.37. The first-order valence-electron chi connectivity index (χ1n) is 6.93. The summed E-state index contributed by atoms with van der Waals surface area (Å²) >= 11 is 1.78. The average molecular weight is 268 g/mol. The Morgan fingerprint density at radius 2 is 2.39 bits per heavy atom. The quantitative estimate of drug-likeness (QED) is 0.862. The minimum absolute atomic E-state index is 0.149. The van der Waals surface area contributed by atoms with Gasteiger partial charge in [0.15, 0.2) is 0 Å². The van der Waals surface area contributed by atoms with Crippen molar-refractivity contribution in [1.29, 1.82) is 0 Å². The molecule has 0 amide bonds. The molecule has 1 aliphatic heterocycles. The Bertz CT molecular complexity index is 342. The monoisotopic (exact) mass is 268 g/mol. The summed E-state index contributed by atoms with van der Waals surface area (Å²) in [5.41, 5.74) is 6.34. The number of nitrogens with zero attached hydrogens (tertiary/aromatic N) is 1. The van der Waals surface area contributed by atoms with Gasteiger partial charge in [-0.05, 0) is 37.3 Å². The van der Waals surface area contributed by atoms with E-state index >= 15 is 0 Å². The molecule has 1 fully saturated rings. The fraction of sp³-hybridized carbons (Fsp3) is 0.714. The van der Waals surface area contributed by atoms with Crippen molar-refractivity contribution in [3.05, 3.63) is 22.4 Å². The molecule has 3 atom stereocenters. The van der Waals surface area contributed by atoms with Crippen LogP contribution in [0.3, 0.4) is 0 Å². The van der Waals surface area contributed by atoms with Gasteiger partial charge in [-0.3, -0.25) is 4.90 Å². The van der Waals surface area contributed by atoms with Crippen LogP contribution < -0.4 is 5.73 Å². The van der Waals surface area contributed by atoms with Crippen LogP contribution in [0, 0.1) is 0 Å². The molecule has 0 aliphatic carbocycles. The summed E-state index contributed by atoms with van der Waals surface area (Å²) in [4.78, 5) is 3.77. The highest BCUT2D eigenvalue weighted by Gasteiger charge is 2.32. The number of rotatable bonds is 5. The van der Waals surface area contributed by atoms with Crippen LogP contribution in [-0.4, -0.2) is 35.2 Å². The van der Waals surface area contributed by atoms with E-state index in [-0.39, 0.29) is 24.7 Å². The Balaban J connectivity index is 2.22. The lowest BCUT2D eigenvalue weighted by molar-refractivity contribution is 0.0430. The van der Waals surface area contributed by atoms with Crippen LogP contribution in [0.15, 0.2) is 17.5 Å². The van der Waals surface area contributed by atoms with Gasteiger partial charge in [0.1, 0.15) is 0 Å². The van der Waals surface area contributed by atoms with E-state index in [0.29, 0.717) is 0 Å². The molecule has 3 unspecified atom stereocenters. The molecule has 0 spiro atoms. The van der Waals surface area contributed by atoms with E-state index in [2.05, 4.69) is 29.3 Å². The van der Waals surface area contributed by atoms with Crippen molar-refractivity contribution in [2.75, 3.05) is 13.2 Å². The molecule has 1 aromatic rings. The molecule has 3 N–H and O–H groups in total. The van der Waals surface area contributed by atoms with Crippen molar-refractivity contribution < 1.29 is 5.11 Å². The van der Waals surface area contributed by atoms with E-state index in [1.54, 1.807) is 11.3 Å². The summed E-state index contributed by atoms with van der Waals surface area (Å²) in [6.45, 7) is 3.45. The van der Waals surface area contributed by atoms with Gasteiger partial charge in [0.25, 0.3) is 0 Å². The molecular weight excluding hydrogens is 244 g/mol. The van der Waals surface area contributed by atoms with Crippen molar-refractivity contribution in [2.45, 2.75) is 50.7 Å². The number of likely N-dealkylation sites (tertiary alicyclic amines) is 1. The molecule has 2 rings (SSSR count). The number of hydrogen-bond donors (Lipinski definition) is 2. The molecule has 0 saturated carbocycles. The van der Waals surface area contributed by atoms with Crippen LogP contribution in [0.1, 0.15) is 43.5 Å². The molecule has 102 valence electrons. The first-order chi connectivity index (χ1) is 8.77. The molecule has 1 saturated heterocycles. The second kappa shape index (κ2) is 6.66. The van der Waals surface area contributed by atoms with Gasteiger partial charge in [0.05, 0.1) is 12.6 Å². The molecule has 1 aromatic heterocycles. The maximum Gasteiger partial charge on any atom is 0.0596 e. The SMILES string of the molecule is CCC(N)C(c1cccs1)N1CCCCC1CO. The van der Waals surface area contributed by atoms with E-state index in [4.69, 9.17) is 5.73 Å². The standard InChI is InChI=1S/C14H24N2OS/c1-2-12(15)14(13-7-5-9-18-13)16-8-4-3-6-11(16)10-17/h5,7,9,11-12,14,17H,2-4,6,8,10,15H2,1H3. The topological polar surface area (TPSA) is 49.5 Å². The average Bonchev–Trinajstić information content (AvgIpc) is 2.93. The van der Waals surface area contributed by atoms with E-state index in [1.807, 2.05) is 0 Å². The molecule has 0 aromatic carbocycles. The summed E-state index contributed by atoms with van der Waals surface area (Å²) in [6.07, 6.45) is 4.50. The molecule has 4 heteroatoms. The van der Waals surface area contributed by atoms with Crippen LogP contribution >= 0.6 is 11.3 Å². The van der Waals surface area contributed by atoms with Crippen LogP contribution in [0.4, 0.5) is 0 Å². The highest BCUT2D eigenvalue weighted by Crippen LogP contribution is 2.33. The summed E-state index contributed by atoms with van der Waals surface area (Å²) < 4.78 is 0. The number of nitrogens with two attached hydrogens (primary N) is 1. The second-order valence-electron chi connectivity index (χ2n) is 5.10. The van der Waals surface area contributed by atoms with Gasteiger partial charge in [-0.1, -0.05) is 19.4 Å². The van der Waals surface area contributed by atoms with E-state index in [9.17, 15) is 5.11 Å². The van der Waals surface area contributed by atoms with Crippen LogP contribution in [0.5, 0.6) is 0 Å². The molecule has 0 radical (unpaired) electrons. The number of aliphatic hydroxyl groups is 1. The third-order valence-corrected chi connectivity index (χ3v) is 4.90. The Hall–Kier alpha value is -0.420. The molecule has 18 heavy (non-hydrogen) atoms. The van der Waals surface area contributed by atoms with Crippen molar-refractivity contribution in [2.24, 2.45) is 5.73 Å². The maximum absolute atomic E-state index is 9.58. The summed E-state index contributed by atoms with van der Waals surface area (Å²) in [5, 5.41) is 11.7. The van der Waals surface area contributed by atoms with E-state index in [1.165, 1.54) is 17.7 Å². The fourth-order valence-corrected chi connectivity index (χ4v) is 3.81. The second-order valence-corrected chi connectivity index (χ2v) is 6.08. The molecule has 1 aliphatic rings. The minimum Gasteiger partial charge on any atom is -0.395 e. The number of piperidine rings is 1. The first-order valence-corrected chi connectivity index (χ1v) is 7.81. The van der Waals surface area contributed by atoms with Crippen LogP contribution in [0.2, 0.25) is 0 Å². The number of thiophene rings is 1. The normalized spacial score (nSPS) is 24.9. The first kappa shape index (κ1) is 14.0. The number of aliphatic hydroxyl groups excluding tert-OH is 1. The summed E-state index contributed by atoms with van der Waals surface area (Å²) in [5.74, 6) is 0. The number of hydrogen-bond acceptors (Lipinski definition) is 4. The Morgan fingerprint density at radius 1 is 1.56 bits per heavy atom. The highest BCUT2D eigenvalue weighted by atomic mass is 32.1. The molecule has 0 bridgehead atoms. The molecular formula is C14H24N2OS. The van der Waals surface area contributed by atoms with Gasteiger partial charge in [-0.15, -0.1) is 11.3 Å². The highest BCUT2D eigenvalue weighted by molar-refractivity contribution is 7.10. The molecule has 3 nitrogen and oxygen atoms in total. The third-order valence-electron chi connectivity index (χ3n) is 3.95. The van der Waals surface area contributed by atoms with Gasteiger partial charge in [-0.2, -0.15) is 0 Å². The lowest BCUT2D eigenvalue weighted by Crippen LogP contribution is -2.49. The van der Waals surface area contributed by atoms with Gasteiger partial charge in [0.2, 0.25) is 0 Å². The zero-order valence-electron chi connectivity index (χ0n) is 11.1. The Labute approximate surface area is 114 Å². The molecule has 2 heterocycles. The fourth-order valence-electron chi connectivity index (χ4n) is 2.89. The van der Waals surface area contributed by atoms with Crippen LogP contribution in [-0.2, 0) is 0 Å². The predicted molar refractivity (Wildman–Crippen MR) is 76.8 cm³/mol. The Morgan fingerprint density at radius 3 is 3.00 bits per heavy atom. The zero-order valence-corrected chi connectivity index (χ0v) is 11.9. The van der Waals surface area contributed by atoms with Crippen molar-refractivity contribution in [1.82, 2.24) is 4.90 Å². The smallest absolute Gasteiger partial charge is 0.0596 e. The van der Waals surface area contributed by atoms with Crippen LogP contribution in [0.25, 0.3) is 0 Å². The van der Waals surface area contributed by atoms with E-state index < -0.39 is 0 Å². The Kier molecular flexibility index (Phi) is 5.18. The maximum atomic E-state index is 9.58.